The molecule has 100 valence electrons. The van der Waals surface area contributed by atoms with Crippen LogP contribution in [0.2, 0.25) is 0 Å². The molecular weight excluding hydrogens is 222 g/mol. The summed E-state index contributed by atoms with van der Waals surface area (Å²) in [5.74, 6) is 0.343. The Morgan fingerprint density at radius 3 is 2.33 bits per heavy atom. The van der Waals surface area contributed by atoms with Gasteiger partial charge in [-0.2, -0.15) is 0 Å². The van der Waals surface area contributed by atoms with E-state index in [1.54, 1.807) is 0 Å². The molecule has 0 bridgehead atoms. The molecule has 0 unspecified atom stereocenters. The standard InChI is InChI=1S/C16H25NO/c1-5-16(6-2,7-3)17-12(4)11-13-14(17)9-8-10-15(13)18/h11H,5-10H2,1-4H3. The van der Waals surface area contributed by atoms with Crippen LogP contribution in [0.3, 0.4) is 0 Å². The second kappa shape index (κ2) is 4.91. The zero-order valence-electron chi connectivity index (χ0n) is 12.2. The van der Waals surface area contributed by atoms with Crippen molar-refractivity contribution in [3.63, 3.8) is 0 Å². The van der Waals surface area contributed by atoms with Crippen molar-refractivity contribution < 1.29 is 4.79 Å². The van der Waals surface area contributed by atoms with Crippen LogP contribution in [0.15, 0.2) is 6.07 Å². The third-order valence-corrected chi connectivity index (χ3v) is 4.85. The lowest BCUT2D eigenvalue weighted by molar-refractivity contribution is 0.0970. The Labute approximate surface area is 110 Å². The van der Waals surface area contributed by atoms with Crippen LogP contribution in [0.25, 0.3) is 0 Å². The van der Waals surface area contributed by atoms with Crippen molar-refractivity contribution in [1.29, 1.82) is 0 Å². The van der Waals surface area contributed by atoms with Crippen molar-refractivity contribution in [3.8, 4) is 0 Å². The smallest absolute Gasteiger partial charge is 0.164 e. The lowest BCUT2D eigenvalue weighted by Crippen LogP contribution is -2.34. The van der Waals surface area contributed by atoms with Crippen LogP contribution in [0.1, 0.15) is 74.6 Å². The first-order valence-electron chi connectivity index (χ1n) is 7.34. The molecule has 0 saturated carbocycles. The van der Waals surface area contributed by atoms with Crippen molar-refractivity contribution in [2.75, 3.05) is 0 Å². The number of nitrogens with zero attached hydrogens (tertiary/aromatic N) is 1. The van der Waals surface area contributed by atoms with E-state index in [1.807, 2.05) is 0 Å². The Morgan fingerprint density at radius 1 is 1.17 bits per heavy atom. The number of aromatic nitrogens is 1. The maximum absolute atomic E-state index is 12.0. The zero-order chi connectivity index (χ0) is 13.3. The molecule has 2 rings (SSSR count). The fourth-order valence-corrected chi connectivity index (χ4v) is 3.61. The molecule has 0 atom stereocenters. The molecule has 0 saturated heterocycles. The van der Waals surface area contributed by atoms with E-state index in [4.69, 9.17) is 0 Å². The molecule has 0 spiro atoms. The largest absolute Gasteiger partial charge is 0.342 e. The highest BCUT2D eigenvalue weighted by Gasteiger charge is 2.33. The Morgan fingerprint density at radius 2 is 1.78 bits per heavy atom. The average Bonchev–Trinajstić information content (AvgIpc) is 2.72. The van der Waals surface area contributed by atoms with Crippen LogP contribution in [0.4, 0.5) is 0 Å². The Kier molecular flexibility index (Phi) is 3.65. The predicted molar refractivity (Wildman–Crippen MR) is 75.3 cm³/mol. The molecule has 0 N–H and O–H groups in total. The molecule has 0 aliphatic heterocycles. The number of rotatable bonds is 4. The summed E-state index contributed by atoms with van der Waals surface area (Å²) in [5, 5.41) is 0. The second-order valence-electron chi connectivity index (χ2n) is 5.54. The first kappa shape index (κ1) is 13.4. The predicted octanol–water partition coefficient (Wildman–Crippen LogP) is 4.24. The van der Waals surface area contributed by atoms with Gasteiger partial charge in [0.15, 0.2) is 5.78 Å². The fraction of sp³-hybridized carbons (Fsp3) is 0.688. The number of hydrogen-bond acceptors (Lipinski definition) is 1. The molecular formula is C16H25NO. The van der Waals surface area contributed by atoms with Gasteiger partial charge in [-0.25, -0.2) is 0 Å². The highest BCUT2D eigenvalue weighted by atomic mass is 16.1. The minimum atomic E-state index is 0.204. The maximum Gasteiger partial charge on any atom is 0.164 e. The summed E-state index contributed by atoms with van der Waals surface area (Å²) in [5.41, 5.74) is 3.77. The number of fused-ring (bicyclic) bond motifs is 1. The average molecular weight is 247 g/mol. The molecule has 2 heteroatoms. The Bertz CT molecular complexity index is 444. The molecule has 1 aromatic heterocycles. The van der Waals surface area contributed by atoms with E-state index >= 15 is 0 Å². The third kappa shape index (κ3) is 1.82. The van der Waals surface area contributed by atoms with E-state index in [0.717, 1.165) is 44.1 Å². The summed E-state index contributed by atoms with van der Waals surface area (Å²) in [6.45, 7) is 8.96. The SMILES string of the molecule is CCC(CC)(CC)n1c(C)cc2c1CCCC2=O. The van der Waals surface area contributed by atoms with Gasteiger partial charge >= 0.3 is 0 Å². The van der Waals surface area contributed by atoms with E-state index in [0.29, 0.717) is 5.78 Å². The topological polar surface area (TPSA) is 22.0 Å². The van der Waals surface area contributed by atoms with Crippen LogP contribution < -0.4 is 0 Å². The normalized spacial score (nSPS) is 15.9. The van der Waals surface area contributed by atoms with E-state index in [9.17, 15) is 4.79 Å². The number of Topliss-reactive ketones (excluding diaryl/α,β-unsaturated/α-hetero) is 1. The number of carbonyl (C=O) groups excluding carboxylic acids is 1. The summed E-state index contributed by atoms with van der Waals surface area (Å²) in [4.78, 5) is 12.0. The summed E-state index contributed by atoms with van der Waals surface area (Å²) in [7, 11) is 0. The summed E-state index contributed by atoms with van der Waals surface area (Å²) in [6.07, 6.45) is 6.22. The number of carbonyl (C=O) groups is 1. The minimum Gasteiger partial charge on any atom is -0.342 e. The maximum atomic E-state index is 12.0. The first-order valence-corrected chi connectivity index (χ1v) is 7.34. The third-order valence-electron chi connectivity index (χ3n) is 4.85. The molecule has 0 fully saturated rings. The van der Waals surface area contributed by atoms with Crippen molar-refractivity contribution in [2.45, 2.75) is 71.8 Å². The van der Waals surface area contributed by atoms with Gasteiger partial charge in [0.05, 0.1) is 0 Å². The van der Waals surface area contributed by atoms with Crippen LogP contribution in [-0.2, 0) is 12.0 Å². The van der Waals surface area contributed by atoms with Crippen LogP contribution in [-0.4, -0.2) is 10.4 Å². The summed E-state index contributed by atoms with van der Waals surface area (Å²) in [6, 6.07) is 2.12. The number of ketones is 1. The number of aryl methyl sites for hydroxylation is 1. The van der Waals surface area contributed by atoms with E-state index in [1.165, 1.54) is 11.4 Å². The van der Waals surface area contributed by atoms with E-state index < -0.39 is 0 Å². The van der Waals surface area contributed by atoms with Gasteiger partial charge in [-0.1, -0.05) is 20.8 Å². The highest BCUT2D eigenvalue weighted by Crippen LogP contribution is 2.36. The fourth-order valence-electron chi connectivity index (χ4n) is 3.61. The summed E-state index contributed by atoms with van der Waals surface area (Å²) >= 11 is 0. The second-order valence-corrected chi connectivity index (χ2v) is 5.54. The minimum absolute atomic E-state index is 0.204. The molecule has 18 heavy (non-hydrogen) atoms. The lowest BCUT2D eigenvalue weighted by atomic mass is 9.87. The van der Waals surface area contributed by atoms with Gasteiger partial charge in [0.2, 0.25) is 0 Å². The summed E-state index contributed by atoms with van der Waals surface area (Å²) < 4.78 is 2.49. The molecule has 1 aromatic rings. The molecule has 1 aliphatic rings. The molecule has 0 radical (unpaired) electrons. The highest BCUT2D eigenvalue weighted by molar-refractivity contribution is 5.98. The van der Waals surface area contributed by atoms with Gasteiger partial charge in [-0.05, 0) is 45.1 Å². The van der Waals surface area contributed by atoms with Crippen molar-refractivity contribution in [1.82, 2.24) is 4.57 Å². The molecule has 0 amide bonds. The van der Waals surface area contributed by atoms with Crippen molar-refractivity contribution in [3.05, 3.63) is 23.0 Å². The quantitative estimate of drug-likeness (QED) is 0.780. The van der Waals surface area contributed by atoms with Gasteiger partial charge in [-0.3, -0.25) is 4.79 Å². The zero-order valence-corrected chi connectivity index (χ0v) is 12.2. The van der Waals surface area contributed by atoms with Crippen LogP contribution in [0, 0.1) is 6.92 Å². The Balaban J connectivity index is 2.60. The van der Waals surface area contributed by atoms with Gasteiger partial charge < -0.3 is 4.57 Å². The van der Waals surface area contributed by atoms with E-state index in [-0.39, 0.29) is 5.54 Å². The monoisotopic (exact) mass is 247 g/mol. The van der Waals surface area contributed by atoms with Crippen LogP contribution in [0.5, 0.6) is 0 Å². The Hall–Kier alpha value is -1.05. The van der Waals surface area contributed by atoms with Crippen LogP contribution >= 0.6 is 0 Å². The van der Waals surface area contributed by atoms with Crippen molar-refractivity contribution >= 4 is 5.78 Å². The molecule has 1 heterocycles. The van der Waals surface area contributed by atoms with Gasteiger partial charge in [-0.15, -0.1) is 0 Å². The van der Waals surface area contributed by atoms with Gasteiger partial charge in [0, 0.05) is 28.9 Å². The van der Waals surface area contributed by atoms with Gasteiger partial charge in [0.25, 0.3) is 0 Å². The molecule has 1 aliphatic carbocycles. The first-order chi connectivity index (χ1) is 8.59. The lowest BCUT2D eigenvalue weighted by Gasteiger charge is -2.36. The molecule has 0 aromatic carbocycles. The molecule has 2 nitrogen and oxygen atoms in total. The van der Waals surface area contributed by atoms with Crippen molar-refractivity contribution in [2.24, 2.45) is 0 Å². The van der Waals surface area contributed by atoms with E-state index in [2.05, 4.69) is 38.3 Å². The van der Waals surface area contributed by atoms with Gasteiger partial charge in [0.1, 0.15) is 0 Å². The number of hydrogen-bond donors (Lipinski definition) is 0.